The highest BCUT2D eigenvalue weighted by molar-refractivity contribution is 5.93. The maximum absolute atomic E-state index is 12.9. The molecular formula is C23H26N4O2. The average molecular weight is 390 g/mol. The molecule has 6 heteroatoms. The Hall–Kier alpha value is -3.15. The number of carbonyl (C=O) groups excluding carboxylic acids is 1. The highest BCUT2D eigenvalue weighted by atomic mass is 16.5. The number of rotatable bonds is 4. The van der Waals surface area contributed by atoms with E-state index in [2.05, 4.69) is 21.3 Å². The number of ether oxygens (including phenoxy) is 1. The van der Waals surface area contributed by atoms with E-state index in [1.54, 1.807) is 7.11 Å². The molecule has 1 aliphatic heterocycles. The number of aryl methyl sites for hydroxylation is 2. The topological polar surface area (TPSA) is 67.4 Å². The van der Waals surface area contributed by atoms with Crippen LogP contribution >= 0.6 is 0 Å². The zero-order chi connectivity index (χ0) is 20.4. The van der Waals surface area contributed by atoms with Crippen LogP contribution < -0.4 is 15.0 Å². The van der Waals surface area contributed by atoms with Crippen molar-refractivity contribution in [1.29, 1.82) is 0 Å². The first kappa shape index (κ1) is 19.2. The van der Waals surface area contributed by atoms with Gasteiger partial charge in [-0.25, -0.2) is 9.97 Å². The molecule has 29 heavy (non-hydrogen) atoms. The smallest absolute Gasteiger partial charge is 0.257 e. The number of para-hydroxylation sites is 2. The molecule has 0 radical (unpaired) electrons. The van der Waals surface area contributed by atoms with E-state index in [-0.39, 0.29) is 11.8 Å². The minimum atomic E-state index is -0.109. The summed E-state index contributed by atoms with van der Waals surface area (Å²) >= 11 is 0. The van der Waals surface area contributed by atoms with Crippen molar-refractivity contribution in [3.05, 3.63) is 53.6 Å². The monoisotopic (exact) mass is 390 g/mol. The van der Waals surface area contributed by atoms with E-state index in [0.717, 1.165) is 47.2 Å². The van der Waals surface area contributed by atoms with Crippen molar-refractivity contribution >= 4 is 28.4 Å². The van der Waals surface area contributed by atoms with Crippen molar-refractivity contribution in [3.63, 3.8) is 0 Å². The molecule has 1 aliphatic rings. The minimum Gasteiger partial charge on any atom is -0.478 e. The molecule has 1 atom stereocenters. The lowest BCUT2D eigenvalue weighted by molar-refractivity contribution is -0.120. The van der Waals surface area contributed by atoms with Gasteiger partial charge in [-0.15, -0.1) is 0 Å². The number of nitrogens with zero attached hydrogens (tertiary/aromatic N) is 3. The first-order valence-corrected chi connectivity index (χ1v) is 9.98. The third-order valence-electron chi connectivity index (χ3n) is 5.30. The minimum absolute atomic E-state index is 0.0485. The van der Waals surface area contributed by atoms with E-state index >= 15 is 0 Å². The number of anilines is 2. The van der Waals surface area contributed by atoms with Crippen molar-refractivity contribution in [2.45, 2.75) is 26.7 Å². The van der Waals surface area contributed by atoms with Gasteiger partial charge in [-0.2, -0.15) is 0 Å². The molecule has 0 saturated carbocycles. The van der Waals surface area contributed by atoms with E-state index in [0.29, 0.717) is 18.2 Å². The summed E-state index contributed by atoms with van der Waals surface area (Å²) in [5.41, 5.74) is 4.76. The van der Waals surface area contributed by atoms with E-state index in [4.69, 9.17) is 9.72 Å². The quantitative estimate of drug-likeness (QED) is 0.726. The normalized spacial score (nSPS) is 16.7. The van der Waals surface area contributed by atoms with Crippen molar-refractivity contribution < 1.29 is 9.53 Å². The predicted octanol–water partition coefficient (Wildman–Crippen LogP) is 4.11. The number of carbonyl (C=O) groups is 1. The number of aromatic nitrogens is 2. The van der Waals surface area contributed by atoms with Crippen LogP contribution in [0.1, 0.15) is 24.0 Å². The molecule has 1 aromatic heterocycles. The fourth-order valence-electron chi connectivity index (χ4n) is 3.99. The predicted molar refractivity (Wildman–Crippen MR) is 116 cm³/mol. The van der Waals surface area contributed by atoms with Gasteiger partial charge in [0.25, 0.3) is 5.88 Å². The van der Waals surface area contributed by atoms with Gasteiger partial charge in [0.05, 0.1) is 24.1 Å². The van der Waals surface area contributed by atoms with Crippen LogP contribution in [0.15, 0.2) is 42.5 Å². The highest BCUT2D eigenvalue weighted by Gasteiger charge is 2.29. The zero-order valence-electron chi connectivity index (χ0n) is 17.1. The van der Waals surface area contributed by atoms with Gasteiger partial charge < -0.3 is 15.0 Å². The van der Waals surface area contributed by atoms with Gasteiger partial charge in [-0.05, 0) is 62.1 Å². The maximum atomic E-state index is 12.9. The molecule has 1 amide bonds. The van der Waals surface area contributed by atoms with Crippen LogP contribution in [0.2, 0.25) is 0 Å². The standard InChI is InChI=1S/C23H26N4O2/c1-15-11-16(2)13-18(12-15)24-22(28)17-7-6-10-27(14-17)21-23(29-3)26-20-9-5-4-8-19(20)25-21/h4-5,8-9,11-13,17H,6-7,10,14H2,1-3H3,(H,24,28)/t17-/m1/s1. The van der Waals surface area contributed by atoms with Crippen LogP contribution in [0.3, 0.4) is 0 Å². The van der Waals surface area contributed by atoms with Crippen LogP contribution in [0.25, 0.3) is 11.0 Å². The third kappa shape index (κ3) is 4.16. The molecule has 150 valence electrons. The Morgan fingerprint density at radius 1 is 1.10 bits per heavy atom. The largest absolute Gasteiger partial charge is 0.478 e. The van der Waals surface area contributed by atoms with Gasteiger partial charge in [-0.1, -0.05) is 18.2 Å². The molecule has 2 aromatic carbocycles. The lowest BCUT2D eigenvalue weighted by Crippen LogP contribution is -2.41. The molecule has 3 aromatic rings. The lowest BCUT2D eigenvalue weighted by Gasteiger charge is -2.33. The number of hydrogen-bond donors (Lipinski definition) is 1. The number of fused-ring (bicyclic) bond motifs is 1. The fourth-order valence-corrected chi connectivity index (χ4v) is 3.99. The second kappa shape index (κ2) is 8.07. The number of nitrogens with one attached hydrogen (secondary N) is 1. The molecule has 2 heterocycles. The van der Waals surface area contributed by atoms with E-state index in [1.807, 2.05) is 50.2 Å². The van der Waals surface area contributed by atoms with Crippen molar-refractivity contribution in [2.75, 3.05) is 30.4 Å². The van der Waals surface area contributed by atoms with Crippen molar-refractivity contribution in [2.24, 2.45) is 5.92 Å². The number of amides is 1. The Balaban J connectivity index is 1.55. The zero-order valence-corrected chi connectivity index (χ0v) is 17.1. The second-order valence-corrected chi connectivity index (χ2v) is 7.70. The number of hydrogen-bond acceptors (Lipinski definition) is 5. The molecule has 6 nitrogen and oxygen atoms in total. The molecule has 0 bridgehead atoms. The van der Waals surface area contributed by atoms with Crippen molar-refractivity contribution in [3.8, 4) is 5.88 Å². The molecule has 4 rings (SSSR count). The Morgan fingerprint density at radius 3 is 2.48 bits per heavy atom. The summed E-state index contributed by atoms with van der Waals surface area (Å²) in [6.07, 6.45) is 1.78. The summed E-state index contributed by atoms with van der Waals surface area (Å²) in [4.78, 5) is 24.4. The van der Waals surface area contributed by atoms with Gasteiger partial charge in [0, 0.05) is 18.8 Å². The summed E-state index contributed by atoms with van der Waals surface area (Å²) < 4.78 is 5.51. The van der Waals surface area contributed by atoms with Gasteiger partial charge >= 0.3 is 0 Å². The third-order valence-corrected chi connectivity index (χ3v) is 5.30. The summed E-state index contributed by atoms with van der Waals surface area (Å²) in [6.45, 7) is 5.50. The Kier molecular flexibility index (Phi) is 5.34. The van der Waals surface area contributed by atoms with Crippen molar-refractivity contribution in [1.82, 2.24) is 9.97 Å². The SMILES string of the molecule is COc1nc2ccccc2nc1N1CCC[C@@H](C(=O)Nc2cc(C)cc(C)c2)C1. The molecule has 1 saturated heterocycles. The van der Waals surface area contributed by atoms with E-state index < -0.39 is 0 Å². The van der Waals surface area contributed by atoms with Gasteiger partial charge in [0.2, 0.25) is 5.91 Å². The Morgan fingerprint density at radius 2 is 1.79 bits per heavy atom. The van der Waals surface area contributed by atoms with Crippen LogP contribution in [0, 0.1) is 19.8 Å². The number of benzene rings is 2. The summed E-state index contributed by atoms with van der Waals surface area (Å²) in [7, 11) is 1.61. The van der Waals surface area contributed by atoms with Gasteiger partial charge in [0.1, 0.15) is 0 Å². The molecule has 0 aliphatic carbocycles. The van der Waals surface area contributed by atoms with Gasteiger partial charge in [0.15, 0.2) is 5.82 Å². The summed E-state index contributed by atoms with van der Waals surface area (Å²) in [5.74, 6) is 1.14. The van der Waals surface area contributed by atoms with Gasteiger partial charge in [-0.3, -0.25) is 4.79 Å². The first-order chi connectivity index (χ1) is 14.0. The Bertz CT molecular complexity index is 1030. The molecule has 0 spiro atoms. The average Bonchev–Trinajstić information content (AvgIpc) is 2.72. The summed E-state index contributed by atoms with van der Waals surface area (Å²) in [5, 5.41) is 3.09. The Labute approximate surface area is 170 Å². The molecule has 1 N–H and O–H groups in total. The number of methoxy groups -OCH3 is 1. The molecule has 1 fully saturated rings. The maximum Gasteiger partial charge on any atom is 0.257 e. The van der Waals surface area contributed by atoms with E-state index in [9.17, 15) is 4.79 Å². The molecule has 0 unspecified atom stereocenters. The van der Waals surface area contributed by atoms with E-state index in [1.165, 1.54) is 0 Å². The summed E-state index contributed by atoms with van der Waals surface area (Å²) in [6, 6.07) is 13.9. The lowest BCUT2D eigenvalue weighted by atomic mass is 9.97. The second-order valence-electron chi connectivity index (χ2n) is 7.70. The van der Waals surface area contributed by atoms with Crippen LogP contribution in [0.5, 0.6) is 5.88 Å². The number of piperidine rings is 1. The van der Waals surface area contributed by atoms with Crippen LogP contribution in [-0.4, -0.2) is 36.1 Å². The molecular weight excluding hydrogens is 364 g/mol. The van der Waals surface area contributed by atoms with Crippen LogP contribution in [0.4, 0.5) is 11.5 Å². The van der Waals surface area contributed by atoms with Crippen LogP contribution in [-0.2, 0) is 4.79 Å². The first-order valence-electron chi connectivity index (χ1n) is 9.98. The fraction of sp³-hybridized carbons (Fsp3) is 0.348. The highest BCUT2D eigenvalue weighted by Crippen LogP contribution is 2.30.